The van der Waals surface area contributed by atoms with Crippen LogP contribution in [0.3, 0.4) is 0 Å². The van der Waals surface area contributed by atoms with Gasteiger partial charge in [0.05, 0.1) is 6.61 Å². The maximum absolute atomic E-state index is 5.56. The van der Waals surface area contributed by atoms with Crippen LogP contribution in [0.4, 0.5) is 5.82 Å². The fraction of sp³-hybridized carbons (Fsp3) is 0.692. The van der Waals surface area contributed by atoms with Crippen molar-refractivity contribution in [3.63, 3.8) is 0 Å². The van der Waals surface area contributed by atoms with Crippen molar-refractivity contribution in [3.05, 3.63) is 12.4 Å². The van der Waals surface area contributed by atoms with Gasteiger partial charge in [-0.3, -0.25) is 0 Å². The van der Waals surface area contributed by atoms with Crippen LogP contribution in [0.2, 0.25) is 0 Å². The Morgan fingerprint density at radius 1 is 1.33 bits per heavy atom. The van der Waals surface area contributed by atoms with Crippen LogP contribution in [0.1, 0.15) is 13.3 Å². The summed E-state index contributed by atoms with van der Waals surface area (Å²) < 4.78 is 5.56. The number of aromatic nitrogens is 2. The van der Waals surface area contributed by atoms with Crippen molar-refractivity contribution >= 4 is 5.82 Å². The van der Waals surface area contributed by atoms with Crippen molar-refractivity contribution < 1.29 is 4.74 Å². The Hall–Kier alpha value is -1.36. The number of rotatable bonds is 4. The summed E-state index contributed by atoms with van der Waals surface area (Å²) in [4.78, 5) is 10.9. The smallest absolute Gasteiger partial charge is 0.218 e. The molecule has 3 rings (SSSR count). The van der Waals surface area contributed by atoms with E-state index in [0.29, 0.717) is 12.5 Å². The lowest BCUT2D eigenvalue weighted by atomic mass is 10.0. The van der Waals surface area contributed by atoms with Crippen molar-refractivity contribution in [2.24, 2.45) is 11.8 Å². The highest BCUT2D eigenvalue weighted by atomic mass is 16.5. The summed E-state index contributed by atoms with van der Waals surface area (Å²) in [5, 5.41) is 3.45. The number of hydrogen-bond donors (Lipinski definition) is 1. The Kier molecular flexibility index (Phi) is 3.32. The Morgan fingerprint density at radius 2 is 2.11 bits per heavy atom. The molecule has 0 bridgehead atoms. The molecule has 1 aromatic rings. The molecule has 0 aromatic carbocycles. The van der Waals surface area contributed by atoms with Crippen molar-refractivity contribution in [1.82, 2.24) is 15.3 Å². The summed E-state index contributed by atoms with van der Waals surface area (Å²) in [5.74, 6) is 3.25. The summed E-state index contributed by atoms with van der Waals surface area (Å²) in [6.07, 6.45) is 2.60. The van der Waals surface area contributed by atoms with E-state index in [2.05, 4.69) is 27.1 Å². The van der Waals surface area contributed by atoms with E-state index in [0.717, 1.165) is 50.3 Å². The van der Waals surface area contributed by atoms with Crippen molar-refractivity contribution in [2.45, 2.75) is 13.3 Å². The average molecular weight is 248 g/mol. The highest BCUT2D eigenvalue weighted by Crippen LogP contribution is 2.30. The molecule has 3 heterocycles. The van der Waals surface area contributed by atoms with E-state index in [1.807, 2.05) is 6.07 Å². The fourth-order valence-corrected chi connectivity index (χ4v) is 2.83. The first kappa shape index (κ1) is 11.7. The van der Waals surface area contributed by atoms with Crippen LogP contribution in [0.5, 0.6) is 5.88 Å². The third kappa shape index (κ3) is 2.27. The number of anilines is 1. The van der Waals surface area contributed by atoms with E-state index in [1.165, 1.54) is 0 Å². The largest absolute Gasteiger partial charge is 0.478 e. The minimum atomic E-state index is 0.692. The first-order valence-electron chi connectivity index (χ1n) is 6.77. The normalized spacial score (nSPS) is 26.4. The molecule has 0 aliphatic carbocycles. The predicted octanol–water partition coefficient (Wildman–Crippen LogP) is 0.921. The Morgan fingerprint density at radius 3 is 2.83 bits per heavy atom. The summed E-state index contributed by atoms with van der Waals surface area (Å²) in [6, 6.07) is 1.96. The second-order valence-corrected chi connectivity index (χ2v) is 5.15. The van der Waals surface area contributed by atoms with Gasteiger partial charge in [0.15, 0.2) is 0 Å². The number of nitrogens with zero attached hydrogens (tertiary/aromatic N) is 3. The van der Waals surface area contributed by atoms with Gasteiger partial charge >= 0.3 is 0 Å². The molecule has 0 saturated carbocycles. The molecule has 0 amide bonds. The average Bonchev–Trinajstić information content (AvgIpc) is 2.97. The number of hydrogen-bond acceptors (Lipinski definition) is 5. The maximum atomic E-state index is 5.56. The van der Waals surface area contributed by atoms with Gasteiger partial charge in [0, 0.05) is 32.2 Å². The predicted molar refractivity (Wildman–Crippen MR) is 69.9 cm³/mol. The first-order valence-corrected chi connectivity index (χ1v) is 6.77. The molecule has 2 atom stereocenters. The standard InChI is InChI=1S/C13H20N4O/c1-2-3-18-13-4-12(15-9-16-13)17-7-10-5-14-6-11(10)8-17/h4,9-11,14H,2-3,5-8H2,1H3. The molecule has 2 fully saturated rings. The zero-order valence-corrected chi connectivity index (χ0v) is 10.8. The van der Waals surface area contributed by atoms with E-state index >= 15 is 0 Å². The van der Waals surface area contributed by atoms with Gasteiger partial charge in [-0.25, -0.2) is 9.97 Å². The molecular weight excluding hydrogens is 228 g/mol. The van der Waals surface area contributed by atoms with Crippen LogP contribution in [0.15, 0.2) is 12.4 Å². The molecule has 2 aliphatic heterocycles. The second kappa shape index (κ2) is 5.10. The van der Waals surface area contributed by atoms with E-state index in [1.54, 1.807) is 6.33 Å². The Balaban J connectivity index is 1.69. The molecule has 98 valence electrons. The summed E-state index contributed by atoms with van der Waals surface area (Å²) in [5.41, 5.74) is 0. The lowest BCUT2D eigenvalue weighted by Crippen LogP contribution is -2.26. The molecule has 2 unspecified atom stereocenters. The van der Waals surface area contributed by atoms with Crippen molar-refractivity contribution in [1.29, 1.82) is 0 Å². The molecule has 18 heavy (non-hydrogen) atoms. The molecule has 2 saturated heterocycles. The van der Waals surface area contributed by atoms with Gasteiger partial charge in [0.1, 0.15) is 12.1 Å². The third-order valence-corrected chi connectivity index (χ3v) is 3.80. The van der Waals surface area contributed by atoms with Crippen LogP contribution >= 0.6 is 0 Å². The Labute approximate surface area is 108 Å². The van der Waals surface area contributed by atoms with Crippen molar-refractivity contribution in [3.8, 4) is 5.88 Å². The van der Waals surface area contributed by atoms with Crippen LogP contribution in [0, 0.1) is 11.8 Å². The molecule has 0 radical (unpaired) electrons. The van der Waals surface area contributed by atoms with Gasteiger partial charge in [0.2, 0.25) is 5.88 Å². The summed E-state index contributed by atoms with van der Waals surface area (Å²) in [6.45, 7) is 7.29. The zero-order valence-electron chi connectivity index (χ0n) is 10.8. The lowest BCUT2D eigenvalue weighted by molar-refractivity contribution is 0.304. The van der Waals surface area contributed by atoms with Crippen LogP contribution in [-0.2, 0) is 0 Å². The first-order chi connectivity index (χ1) is 8.86. The minimum absolute atomic E-state index is 0.692. The minimum Gasteiger partial charge on any atom is -0.478 e. The van der Waals surface area contributed by atoms with Gasteiger partial charge in [-0.1, -0.05) is 6.92 Å². The van der Waals surface area contributed by atoms with Crippen LogP contribution in [-0.4, -0.2) is 42.8 Å². The van der Waals surface area contributed by atoms with Gasteiger partial charge in [-0.15, -0.1) is 0 Å². The molecule has 1 N–H and O–H groups in total. The van der Waals surface area contributed by atoms with Gasteiger partial charge in [0.25, 0.3) is 0 Å². The maximum Gasteiger partial charge on any atom is 0.218 e. The van der Waals surface area contributed by atoms with E-state index in [-0.39, 0.29) is 0 Å². The summed E-state index contributed by atoms with van der Waals surface area (Å²) >= 11 is 0. The quantitative estimate of drug-likeness (QED) is 0.858. The molecule has 0 spiro atoms. The van der Waals surface area contributed by atoms with Gasteiger partial charge < -0.3 is 15.0 Å². The van der Waals surface area contributed by atoms with Gasteiger partial charge in [-0.2, -0.15) is 0 Å². The van der Waals surface area contributed by atoms with E-state index < -0.39 is 0 Å². The van der Waals surface area contributed by atoms with E-state index in [9.17, 15) is 0 Å². The molecular formula is C13H20N4O. The Bertz CT molecular complexity index is 400. The highest BCUT2D eigenvalue weighted by molar-refractivity contribution is 5.42. The van der Waals surface area contributed by atoms with Crippen molar-refractivity contribution in [2.75, 3.05) is 37.7 Å². The SMILES string of the molecule is CCCOc1cc(N2CC3CNCC3C2)ncn1. The molecule has 5 nitrogen and oxygen atoms in total. The lowest BCUT2D eigenvalue weighted by Gasteiger charge is -2.18. The number of nitrogens with one attached hydrogen (secondary N) is 1. The number of fused-ring (bicyclic) bond motifs is 1. The monoisotopic (exact) mass is 248 g/mol. The fourth-order valence-electron chi connectivity index (χ4n) is 2.83. The number of ether oxygens (including phenoxy) is 1. The van der Waals surface area contributed by atoms with Gasteiger partial charge in [-0.05, 0) is 18.3 Å². The molecule has 5 heteroatoms. The summed E-state index contributed by atoms with van der Waals surface area (Å²) in [7, 11) is 0. The van der Waals surface area contributed by atoms with Crippen LogP contribution in [0.25, 0.3) is 0 Å². The highest BCUT2D eigenvalue weighted by Gasteiger charge is 2.36. The molecule has 2 aliphatic rings. The zero-order chi connectivity index (χ0) is 12.4. The third-order valence-electron chi connectivity index (χ3n) is 3.80. The second-order valence-electron chi connectivity index (χ2n) is 5.15. The molecule has 1 aromatic heterocycles. The van der Waals surface area contributed by atoms with E-state index in [4.69, 9.17) is 4.74 Å². The van der Waals surface area contributed by atoms with Crippen LogP contribution < -0.4 is 15.0 Å². The topological polar surface area (TPSA) is 50.3 Å².